The van der Waals surface area contributed by atoms with E-state index in [2.05, 4.69) is 10.3 Å². The summed E-state index contributed by atoms with van der Waals surface area (Å²) in [5.74, 6) is -1.04. The van der Waals surface area contributed by atoms with E-state index in [1.165, 1.54) is 35.4 Å². The van der Waals surface area contributed by atoms with Crippen molar-refractivity contribution in [1.29, 1.82) is 0 Å². The SMILES string of the molecule is CC1(C)CN(c2cnc3ccc(C4(O)CCN(Cc5ccc(C(F)(F)F)cc5)CC4(C)C)c(F)c3c2)C(=O)NC1=O. The van der Waals surface area contributed by atoms with Crippen LogP contribution < -0.4 is 10.2 Å². The third kappa shape index (κ3) is 5.17. The maximum absolute atomic E-state index is 16.2. The molecule has 2 aliphatic rings. The minimum absolute atomic E-state index is 0.0951. The van der Waals surface area contributed by atoms with Gasteiger partial charge in [0.2, 0.25) is 5.91 Å². The second-order valence-electron chi connectivity index (χ2n) is 12.3. The number of piperidine rings is 1. The second-order valence-corrected chi connectivity index (χ2v) is 12.3. The summed E-state index contributed by atoms with van der Waals surface area (Å²) in [6.45, 7) is 8.33. The topological polar surface area (TPSA) is 85.8 Å². The highest BCUT2D eigenvalue weighted by molar-refractivity contribution is 6.08. The number of alkyl halides is 3. The maximum atomic E-state index is 16.2. The number of nitrogens with zero attached hydrogens (tertiary/aromatic N) is 3. The minimum atomic E-state index is -4.40. The number of benzene rings is 2. The number of anilines is 1. The maximum Gasteiger partial charge on any atom is 0.416 e. The summed E-state index contributed by atoms with van der Waals surface area (Å²) in [5, 5.41) is 14.4. The van der Waals surface area contributed by atoms with Crippen molar-refractivity contribution in [3.63, 3.8) is 0 Å². The Kier molecular flexibility index (Phi) is 6.89. The van der Waals surface area contributed by atoms with Crippen molar-refractivity contribution in [2.45, 2.75) is 52.4 Å². The largest absolute Gasteiger partial charge is 0.416 e. The van der Waals surface area contributed by atoms with E-state index in [-0.39, 0.29) is 23.9 Å². The van der Waals surface area contributed by atoms with Crippen molar-refractivity contribution in [2.75, 3.05) is 24.5 Å². The third-order valence-corrected chi connectivity index (χ3v) is 8.39. The average Bonchev–Trinajstić information content (AvgIpc) is 2.88. The van der Waals surface area contributed by atoms with E-state index in [0.29, 0.717) is 36.4 Å². The lowest BCUT2D eigenvalue weighted by Gasteiger charge is -2.50. The Balaban J connectivity index is 1.41. The van der Waals surface area contributed by atoms with E-state index in [1.54, 1.807) is 19.9 Å². The number of carbonyl (C=O) groups excluding carboxylic acids is 2. The molecular weight excluding hydrogens is 540 g/mol. The Labute approximate surface area is 235 Å². The van der Waals surface area contributed by atoms with Gasteiger partial charge < -0.3 is 5.11 Å². The molecule has 2 aromatic carbocycles. The number of likely N-dealkylation sites (tertiary alicyclic amines) is 1. The Morgan fingerprint density at radius 2 is 1.71 bits per heavy atom. The predicted molar refractivity (Wildman–Crippen MR) is 145 cm³/mol. The van der Waals surface area contributed by atoms with Crippen LogP contribution in [-0.4, -0.2) is 46.6 Å². The molecule has 5 rings (SSSR count). The molecule has 2 fully saturated rings. The Morgan fingerprint density at radius 1 is 1.02 bits per heavy atom. The van der Waals surface area contributed by atoms with Crippen LogP contribution in [0.2, 0.25) is 0 Å². The van der Waals surface area contributed by atoms with Crippen molar-refractivity contribution in [3.05, 3.63) is 71.2 Å². The van der Waals surface area contributed by atoms with E-state index in [9.17, 15) is 27.9 Å². The van der Waals surface area contributed by atoms with Crippen LogP contribution in [0.15, 0.2) is 48.7 Å². The standard InChI is InChI=1S/C30H32F4N4O3/c1-27(2)16-38(26(40)36-25(27)39)20-13-21-23(35-14-20)10-9-22(24(21)31)29(41)11-12-37(17-28(29,3)4)15-18-5-7-19(8-6-18)30(32,33)34/h5-10,13-14,41H,11-12,15-17H2,1-4H3,(H,36,39,40). The number of pyridine rings is 1. The first-order valence-corrected chi connectivity index (χ1v) is 13.3. The molecule has 0 aliphatic carbocycles. The number of rotatable bonds is 4. The van der Waals surface area contributed by atoms with E-state index in [0.717, 1.165) is 12.1 Å². The zero-order valence-electron chi connectivity index (χ0n) is 23.3. The van der Waals surface area contributed by atoms with E-state index >= 15 is 4.39 Å². The molecule has 0 saturated carbocycles. The molecule has 1 atom stereocenters. The van der Waals surface area contributed by atoms with Crippen LogP contribution in [0.4, 0.5) is 28.0 Å². The van der Waals surface area contributed by atoms with Gasteiger partial charge in [-0.3, -0.25) is 24.9 Å². The van der Waals surface area contributed by atoms with Crippen molar-refractivity contribution >= 4 is 28.5 Å². The predicted octanol–water partition coefficient (Wildman–Crippen LogP) is 5.59. The van der Waals surface area contributed by atoms with Crippen molar-refractivity contribution < 1.29 is 32.3 Å². The fourth-order valence-electron chi connectivity index (χ4n) is 5.82. The average molecular weight is 573 g/mol. The van der Waals surface area contributed by atoms with Crippen molar-refractivity contribution in [2.24, 2.45) is 10.8 Å². The molecule has 2 saturated heterocycles. The number of amides is 3. The molecule has 0 bridgehead atoms. The van der Waals surface area contributed by atoms with Gasteiger partial charge in [-0.05, 0) is 50.1 Å². The Bertz CT molecular complexity index is 1520. The van der Waals surface area contributed by atoms with E-state index in [4.69, 9.17) is 0 Å². The molecule has 41 heavy (non-hydrogen) atoms. The van der Waals surface area contributed by atoms with E-state index in [1.807, 2.05) is 18.7 Å². The Hall–Kier alpha value is -3.57. The Morgan fingerprint density at radius 3 is 2.34 bits per heavy atom. The number of fused-ring (bicyclic) bond motifs is 1. The summed E-state index contributed by atoms with van der Waals surface area (Å²) in [5.41, 5.74) is -2.44. The molecule has 1 unspecified atom stereocenters. The number of aromatic nitrogens is 1. The van der Waals surface area contributed by atoms with Gasteiger partial charge in [0.05, 0.1) is 34.0 Å². The summed E-state index contributed by atoms with van der Waals surface area (Å²) < 4.78 is 55.0. The van der Waals surface area contributed by atoms with Gasteiger partial charge in [0.1, 0.15) is 5.82 Å². The summed E-state index contributed by atoms with van der Waals surface area (Å²) >= 11 is 0. The fourth-order valence-corrected chi connectivity index (χ4v) is 5.82. The molecule has 0 spiro atoms. The lowest BCUT2D eigenvalue weighted by Crippen LogP contribution is -2.58. The molecule has 218 valence electrons. The van der Waals surface area contributed by atoms with Gasteiger partial charge in [-0.1, -0.05) is 32.0 Å². The summed E-state index contributed by atoms with van der Waals surface area (Å²) in [6, 6.07) is 9.06. The van der Waals surface area contributed by atoms with E-state index < -0.39 is 45.9 Å². The van der Waals surface area contributed by atoms with Crippen LogP contribution in [-0.2, 0) is 23.1 Å². The first-order chi connectivity index (χ1) is 19.0. The molecule has 7 nitrogen and oxygen atoms in total. The van der Waals surface area contributed by atoms with Crippen LogP contribution >= 0.6 is 0 Å². The molecule has 3 amide bonds. The molecule has 2 N–H and O–H groups in total. The first-order valence-electron chi connectivity index (χ1n) is 13.3. The summed E-state index contributed by atoms with van der Waals surface area (Å²) in [7, 11) is 0. The van der Waals surface area contributed by atoms with Gasteiger partial charge in [0.25, 0.3) is 0 Å². The van der Waals surface area contributed by atoms with Gasteiger partial charge in [0, 0.05) is 42.5 Å². The molecule has 1 aromatic heterocycles. The zero-order chi connectivity index (χ0) is 30.0. The molecule has 2 aliphatic heterocycles. The highest BCUT2D eigenvalue weighted by atomic mass is 19.4. The van der Waals surface area contributed by atoms with Crippen molar-refractivity contribution in [1.82, 2.24) is 15.2 Å². The van der Waals surface area contributed by atoms with Crippen LogP contribution in [0.5, 0.6) is 0 Å². The van der Waals surface area contributed by atoms with Gasteiger partial charge in [-0.25, -0.2) is 9.18 Å². The lowest BCUT2D eigenvalue weighted by molar-refractivity contribution is -0.137. The van der Waals surface area contributed by atoms with Gasteiger partial charge in [0.15, 0.2) is 0 Å². The van der Waals surface area contributed by atoms with Crippen molar-refractivity contribution in [3.8, 4) is 0 Å². The number of urea groups is 1. The molecule has 11 heteroatoms. The van der Waals surface area contributed by atoms with Gasteiger partial charge in [-0.2, -0.15) is 13.2 Å². The highest BCUT2D eigenvalue weighted by Gasteiger charge is 2.50. The number of aliphatic hydroxyl groups is 1. The van der Waals surface area contributed by atoms with Gasteiger partial charge in [-0.15, -0.1) is 0 Å². The number of halogens is 4. The molecule has 3 heterocycles. The minimum Gasteiger partial charge on any atom is -0.384 e. The number of nitrogens with one attached hydrogen (secondary N) is 1. The molecule has 0 radical (unpaired) electrons. The number of carbonyl (C=O) groups is 2. The smallest absolute Gasteiger partial charge is 0.384 e. The number of imide groups is 1. The first kappa shape index (κ1) is 28.9. The molecule has 3 aromatic rings. The van der Waals surface area contributed by atoms with Crippen LogP contribution in [0.1, 0.15) is 50.8 Å². The molecular formula is C30H32F4N4O3. The van der Waals surface area contributed by atoms with Crippen LogP contribution in [0.25, 0.3) is 10.9 Å². The summed E-state index contributed by atoms with van der Waals surface area (Å²) in [6.07, 6.45) is -2.76. The fraction of sp³-hybridized carbons (Fsp3) is 0.433. The zero-order valence-corrected chi connectivity index (χ0v) is 23.3. The lowest BCUT2D eigenvalue weighted by atomic mass is 9.66. The number of hydrogen-bond acceptors (Lipinski definition) is 5. The van der Waals surface area contributed by atoms with Gasteiger partial charge >= 0.3 is 12.2 Å². The van der Waals surface area contributed by atoms with Crippen LogP contribution in [0, 0.1) is 16.6 Å². The highest BCUT2D eigenvalue weighted by Crippen LogP contribution is 2.48. The summed E-state index contributed by atoms with van der Waals surface area (Å²) in [4.78, 5) is 32.4. The third-order valence-electron chi connectivity index (χ3n) is 8.39. The monoisotopic (exact) mass is 572 g/mol. The number of hydrogen-bond donors (Lipinski definition) is 2. The normalized spacial score (nSPS) is 23.1. The van der Waals surface area contributed by atoms with Crippen LogP contribution in [0.3, 0.4) is 0 Å². The second kappa shape index (κ2) is 9.77. The quantitative estimate of drug-likeness (QED) is 0.398.